The van der Waals surface area contributed by atoms with Gasteiger partial charge >= 0.3 is 0 Å². The molecule has 1 aliphatic rings. The average molecular weight is 294 g/mol. The third-order valence-electron chi connectivity index (χ3n) is 3.42. The van der Waals surface area contributed by atoms with Gasteiger partial charge in [0.05, 0.1) is 13.2 Å². The number of nitrogens with zero attached hydrogens (tertiary/aromatic N) is 1. The van der Waals surface area contributed by atoms with Crippen molar-refractivity contribution in [2.75, 3.05) is 43.6 Å². The Morgan fingerprint density at radius 1 is 1.45 bits per heavy atom. The van der Waals surface area contributed by atoms with Crippen LogP contribution in [-0.4, -0.2) is 55.2 Å². The molecule has 0 spiro atoms. The lowest BCUT2D eigenvalue weighted by molar-refractivity contribution is -0.131. The van der Waals surface area contributed by atoms with Crippen LogP contribution in [0.25, 0.3) is 0 Å². The van der Waals surface area contributed by atoms with Gasteiger partial charge in [0, 0.05) is 31.1 Å². The number of methoxy groups -OCH3 is 1. The van der Waals surface area contributed by atoms with E-state index in [2.05, 4.69) is 5.32 Å². The Labute approximate surface area is 124 Å². The maximum atomic E-state index is 12.4. The Morgan fingerprint density at radius 2 is 2.25 bits per heavy atom. The Morgan fingerprint density at radius 3 is 2.90 bits per heavy atom. The zero-order valence-electron chi connectivity index (χ0n) is 11.9. The van der Waals surface area contributed by atoms with Crippen molar-refractivity contribution < 1.29 is 9.53 Å². The standard InChI is InChI=1S/C15H22N2O2S/c1-19-9-8-17(14-7-10-20-12-14)15(18)11-16-13-5-3-2-4-6-13/h2-6,14,16H,7-12H2,1H3. The zero-order valence-corrected chi connectivity index (χ0v) is 12.7. The first-order chi connectivity index (χ1) is 9.81. The average Bonchev–Trinajstić information content (AvgIpc) is 3.01. The highest BCUT2D eigenvalue weighted by atomic mass is 32.2. The molecule has 1 aromatic rings. The van der Waals surface area contributed by atoms with Gasteiger partial charge in [-0.05, 0) is 24.3 Å². The molecule has 0 aromatic heterocycles. The van der Waals surface area contributed by atoms with Crippen LogP contribution in [0.15, 0.2) is 30.3 Å². The van der Waals surface area contributed by atoms with Gasteiger partial charge in [-0.25, -0.2) is 0 Å². The van der Waals surface area contributed by atoms with E-state index >= 15 is 0 Å². The van der Waals surface area contributed by atoms with Gasteiger partial charge in [-0.2, -0.15) is 11.8 Å². The number of hydrogen-bond donors (Lipinski definition) is 1. The maximum absolute atomic E-state index is 12.4. The van der Waals surface area contributed by atoms with E-state index in [1.165, 1.54) is 0 Å². The van der Waals surface area contributed by atoms with Crippen molar-refractivity contribution >= 4 is 23.4 Å². The molecule has 20 heavy (non-hydrogen) atoms. The number of nitrogens with one attached hydrogen (secondary N) is 1. The summed E-state index contributed by atoms with van der Waals surface area (Å²) in [6, 6.07) is 10.2. The number of ether oxygens (including phenoxy) is 1. The number of amides is 1. The minimum atomic E-state index is 0.151. The fourth-order valence-corrected chi connectivity index (χ4v) is 3.53. The smallest absolute Gasteiger partial charge is 0.242 e. The number of anilines is 1. The molecule has 0 saturated carbocycles. The molecule has 2 rings (SSSR count). The van der Waals surface area contributed by atoms with Crippen LogP contribution >= 0.6 is 11.8 Å². The summed E-state index contributed by atoms with van der Waals surface area (Å²) in [5.41, 5.74) is 0.980. The van der Waals surface area contributed by atoms with Crippen LogP contribution in [0.4, 0.5) is 5.69 Å². The summed E-state index contributed by atoms with van der Waals surface area (Å²) in [6.07, 6.45) is 1.09. The molecule has 0 radical (unpaired) electrons. The van der Waals surface area contributed by atoms with Crippen molar-refractivity contribution in [2.45, 2.75) is 12.5 Å². The van der Waals surface area contributed by atoms with Gasteiger partial charge in [0.2, 0.25) is 5.91 Å². The number of carbonyl (C=O) groups excluding carboxylic acids is 1. The normalized spacial score (nSPS) is 17.9. The van der Waals surface area contributed by atoms with Crippen LogP contribution in [0.2, 0.25) is 0 Å². The van der Waals surface area contributed by atoms with Crippen LogP contribution in [0, 0.1) is 0 Å². The second kappa shape index (κ2) is 8.17. The maximum Gasteiger partial charge on any atom is 0.242 e. The predicted molar refractivity (Wildman–Crippen MR) is 84.3 cm³/mol. The number of benzene rings is 1. The molecule has 1 saturated heterocycles. The second-order valence-corrected chi connectivity index (χ2v) is 5.97. The van der Waals surface area contributed by atoms with E-state index in [4.69, 9.17) is 4.74 Å². The molecule has 4 nitrogen and oxygen atoms in total. The third-order valence-corrected chi connectivity index (χ3v) is 4.57. The van der Waals surface area contributed by atoms with E-state index in [1.807, 2.05) is 47.0 Å². The van der Waals surface area contributed by atoms with Gasteiger partial charge in [0.25, 0.3) is 0 Å². The summed E-state index contributed by atoms with van der Waals surface area (Å²) in [7, 11) is 1.67. The minimum absolute atomic E-state index is 0.151. The lowest BCUT2D eigenvalue weighted by Crippen LogP contribution is -2.45. The summed E-state index contributed by atoms with van der Waals surface area (Å²) in [5, 5.41) is 3.19. The molecule has 1 heterocycles. The Balaban J connectivity index is 1.88. The molecule has 1 aromatic carbocycles. The van der Waals surface area contributed by atoms with Gasteiger partial charge in [0.1, 0.15) is 0 Å². The fourth-order valence-electron chi connectivity index (χ4n) is 2.30. The van der Waals surface area contributed by atoms with E-state index in [1.54, 1.807) is 7.11 Å². The number of rotatable bonds is 7. The largest absolute Gasteiger partial charge is 0.383 e. The SMILES string of the molecule is COCCN(C(=O)CNc1ccccc1)C1CCSC1. The van der Waals surface area contributed by atoms with Crippen molar-refractivity contribution in [3.8, 4) is 0 Å². The topological polar surface area (TPSA) is 41.6 Å². The molecular weight excluding hydrogens is 272 g/mol. The number of hydrogen-bond acceptors (Lipinski definition) is 4. The van der Waals surface area contributed by atoms with E-state index in [9.17, 15) is 4.79 Å². The van der Waals surface area contributed by atoms with Gasteiger partial charge in [-0.1, -0.05) is 18.2 Å². The quantitative estimate of drug-likeness (QED) is 0.836. The Bertz CT molecular complexity index is 408. The van der Waals surface area contributed by atoms with Gasteiger partial charge in [-0.3, -0.25) is 4.79 Å². The second-order valence-electron chi connectivity index (χ2n) is 4.82. The summed E-state index contributed by atoms with van der Waals surface area (Å²) < 4.78 is 5.12. The fraction of sp³-hybridized carbons (Fsp3) is 0.533. The summed E-state index contributed by atoms with van der Waals surface area (Å²) in [4.78, 5) is 14.4. The first-order valence-corrected chi connectivity index (χ1v) is 8.12. The number of thioether (sulfide) groups is 1. The molecule has 5 heteroatoms. The molecule has 1 N–H and O–H groups in total. The molecule has 0 aliphatic carbocycles. The van der Waals surface area contributed by atoms with Gasteiger partial charge < -0.3 is 15.0 Å². The van der Waals surface area contributed by atoms with E-state index < -0.39 is 0 Å². The van der Waals surface area contributed by atoms with Gasteiger partial charge in [-0.15, -0.1) is 0 Å². The van der Waals surface area contributed by atoms with Crippen molar-refractivity contribution in [3.05, 3.63) is 30.3 Å². The van der Waals surface area contributed by atoms with Crippen molar-refractivity contribution in [2.24, 2.45) is 0 Å². The number of para-hydroxylation sites is 1. The molecule has 1 fully saturated rings. The molecule has 1 atom stereocenters. The molecule has 1 amide bonds. The highest BCUT2D eigenvalue weighted by Crippen LogP contribution is 2.22. The van der Waals surface area contributed by atoms with Crippen LogP contribution < -0.4 is 5.32 Å². The van der Waals surface area contributed by atoms with E-state index in [0.717, 1.165) is 23.6 Å². The lowest BCUT2D eigenvalue weighted by Gasteiger charge is -2.28. The monoisotopic (exact) mass is 294 g/mol. The van der Waals surface area contributed by atoms with Crippen molar-refractivity contribution in [1.29, 1.82) is 0 Å². The van der Waals surface area contributed by atoms with Crippen LogP contribution in [0.1, 0.15) is 6.42 Å². The lowest BCUT2D eigenvalue weighted by atomic mass is 10.2. The van der Waals surface area contributed by atoms with E-state index in [0.29, 0.717) is 25.7 Å². The van der Waals surface area contributed by atoms with Gasteiger partial charge in [0.15, 0.2) is 0 Å². The third kappa shape index (κ3) is 4.42. The molecule has 110 valence electrons. The van der Waals surface area contributed by atoms with Crippen molar-refractivity contribution in [1.82, 2.24) is 4.90 Å². The molecule has 1 unspecified atom stereocenters. The zero-order chi connectivity index (χ0) is 14.2. The van der Waals surface area contributed by atoms with Crippen LogP contribution in [0.5, 0.6) is 0 Å². The molecule has 1 aliphatic heterocycles. The Hall–Kier alpha value is -1.20. The molecule has 0 bridgehead atoms. The predicted octanol–water partition coefficient (Wildman–Crippen LogP) is 2.08. The summed E-state index contributed by atoms with van der Waals surface area (Å²) in [5.74, 6) is 2.34. The first-order valence-electron chi connectivity index (χ1n) is 6.96. The minimum Gasteiger partial charge on any atom is -0.383 e. The highest BCUT2D eigenvalue weighted by molar-refractivity contribution is 7.99. The van der Waals surface area contributed by atoms with Crippen molar-refractivity contribution in [3.63, 3.8) is 0 Å². The Kier molecular flexibility index (Phi) is 6.21. The number of carbonyl (C=O) groups is 1. The first kappa shape index (κ1) is 15.2. The molecular formula is C15H22N2O2S. The van der Waals surface area contributed by atoms with Crippen LogP contribution in [-0.2, 0) is 9.53 Å². The van der Waals surface area contributed by atoms with Crippen LogP contribution in [0.3, 0.4) is 0 Å². The van der Waals surface area contributed by atoms with E-state index in [-0.39, 0.29) is 5.91 Å². The summed E-state index contributed by atoms with van der Waals surface area (Å²) in [6.45, 7) is 1.62. The highest BCUT2D eigenvalue weighted by Gasteiger charge is 2.26. The summed E-state index contributed by atoms with van der Waals surface area (Å²) >= 11 is 1.92.